The first-order valence-corrected chi connectivity index (χ1v) is 9.42. The van der Waals surface area contributed by atoms with Crippen molar-refractivity contribution < 1.29 is 9.72 Å². The van der Waals surface area contributed by atoms with Crippen LogP contribution in [0.25, 0.3) is 0 Å². The van der Waals surface area contributed by atoms with Crippen LogP contribution >= 0.6 is 27.5 Å². The first-order chi connectivity index (χ1) is 12.9. The predicted octanol–water partition coefficient (Wildman–Crippen LogP) is 3.17. The quantitative estimate of drug-likeness (QED) is 0.551. The van der Waals surface area contributed by atoms with Crippen LogP contribution in [-0.2, 0) is 4.79 Å². The molecule has 1 aliphatic heterocycles. The number of nitrogens with one attached hydrogen (secondary N) is 1. The highest BCUT2D eigenvalue weighted by Gasteiger charge is 2.20. The fraction of sp³-hybridized carbons (Fsp3) is 0.294. The second-order valence-corrected chi connectivity index (χ2v) is 7.36. The van der Waals surface area contributed by atoms with Gasteiger partial charge >= 0.3 is 0 Å². The molecule has 8 nitrogen and oxygen atoms in total. The van der Waals surface area contributed by atoms with E-state index in [1.54, 1.807) is 6.20 Å². The van der Waals surface area contributed by atoms with Gasteiger partial charge in [0, 0.05) is 49.0 Å². The van der Waals surface area contributed by atoms with Gasteiger partial charge in [-0.05, 0) is 34.1 Å². The third kappa shape index (κ3) is 5.15. The summed E-state index contributed by atoms with van der Waals surface area (Å²) in [6.45, 7) is 3.26. The summed E-state index contributed by atoms with van der Waals surface area (Å²) in [6.07, 6.45) is 1.62. The first-order valence-electron chi connectivity index (χ1n) is 8.25. The minimum Gasteiger partial charge on any atom is -0.354 e. The van der Waals surface area contributed by atoms with Gasteiger partial charge in [0.15, 0.2) is 0 Å². The van der Waals surface area contributed by atoms with Gasteiger partial charge in [0.2, 0.25) is 5.91 Å². The first kappa shape index (κ1) is 19.5. The zero-order valence-corrected chi connectivity index (χ0v) is 16.6. The van der Waals surface area contributed by atoms with E-state index < -0.39 is 4.92 Å². The van der Waals surface area contributed by atoms with E-state index in [2.05, 4.69) is 36.0 Å². The highest BCUT2D eigenvalue weighted by Crippen LogP contribution is 2.27. The van der Waals surface area contributed by atoms with Gasteiger partial charge in [0.1, 0.15) is 5.82 Å². The molecule has 1 N–H and O–H groups in total. The molecule has 0 saturated carbocycles. The number of non-ortho nitro benzene ring substituents is 1. The lowest BCUT2D eigenvalue weighted by molar-refractivity contribution is -0.384. The molecule has 0 radical (unpaired) electrons. The second-order valence-electron chi connectivity index (χ2n) is 6.07. The Morgan fingerprint density at radius 1 is 1.26 bits per heavy atom. The number of pyridine rings is 1. The average Bonchev–Trinajstić information content (AvgIpc) is 2.64. The third-order valence-electron chi connectivity index (χ3n) is 4.21. The number of halogens is 2. The van der Waals surface area contributed by atoms with Crippen LogP contribution in [0.15, 0.2) is 41.0 Å². The molecule has 142 valence electrons. The standard InChI is InChI=1S/C17H17BrClN5O3/c18-14-9-13(24(26)27)2-3-15(14)21-17(25)11-22-5-7-23(8-6-22)16-4-1-12(19)10-20-16/h1-4,9-10H,5-8,11H2,(H,21,25). The molecule has 0 atom stereocenters. The molecule has 1 fully saturated rings. The monoisotopic (exact) mass is 453 g/mol. The van der Waals surface area contributed by atoms with Crippen molar-refractivity contribution in [1.29, 1.82) is 0 Å². The number of anilines is 2. The Morgan fingerprint density at radius 3 is 2.59 bits per heavy atom. The molecular formula is C17H17BrClN5O3. The predicted molar refractivity (Wildman–Crippen MR) is 107 cm³/mol. The molecule has 2 aromatic rings. The van der Waals surface area contributed by atoms with Gasteiger partial charge in [0.05, 0.1) is 22.2 Å². The second kappa shape index (κ2) is 8.64. The number of hydrogen-bond acceptors (Lipinski definition) is 6. The van der Waals surface area contributed by atoms with Crippen molar-refractivity contribution in [2.75, 3.05) is 42.9 Å². The van der Waals surface area contributed by atoms with Crippen molar-refractivity contribution in [1.82, 2.24) is 9.88 Å². The van der Waals surface area contributed by atoms with Crippen LogP contribution < -0.4 is 10.2 Å². The van der Waals surface area contributed by atoms with Gasteiger partial charge in [0.25, 0.3) is 5.69 Å². The van der Waals surface area contributed by atoms with Crippen molar-refractivity contribution in [2.24, 2.45) is 0 Å². The molecule has 0 aliphatic carbocycles. The van der Waals surface area contributed by atoms with Crippen LogP contribution in [0.4, 0.5) is 17.2 Å². The zero-order chi connectivity index (χ0) is 19.4. The number of benzene rings is 1. The van der Waals surface area contributed by atoms with Crippen LogP contribution in [0, 0.1) is 10.1 Å². The summed E-state index contributed by atoms with van der Waals surface area (Å²) in [5.41, 5.74) is 0.474. The van der Waals surface area contributed by atoms with Gasteiger partial charge in [-0.2, -0.15) is 0 Å². The van der Waals surface area contributed by atoms with Gasteiger partial charge in [-0.15, -0.1) is 0 Å². The minimum atomic E-state index is -0.481. The molecular weight excluding hydrogens is 438 g/mol. The van der Waals surface area contributed by atoms with Crippen molar-refractivity contribution in [3.63, 3.8) is 0 Å². The summed E-state index contributed by atoms with van der Waals surface area (Å²) in [7, 11) is 0. The number of rotatable bonds is 5. The topological polar surface area (TPSA) is 91.6 Å². The van der Waals surface area contributed by atoms with Crippen molar-refractivity contribution >= 4 is 50.6 Å². The molecule has 2 heterocycles. The summed E-state index contributed by atoms with van der Waals surface area (Å²) >= 11 is 9.11. The number of aromatic nitrogens is 1. The average molecular weight is 455 g/mol. The summed E-state index contributed by atoms with van der Waals surface area (Å²) in [5.74, 6) is 0.709. The fourth-order valence-electron chi connectivity index (χ4n) is 2.80. The van der Waals surface area contributed by atoms with Gasteiger partial charge in [-0.3, -0.25) is 19.8 Å². The molecule has 0 bridgehead atoms. The van der Waals surface area contributed by atoms with Gasteiger partial charge in [-0.25, -0.2) is 4.98 Å². The molecule has 3 rings (SSSR count). The van der Waals surface area contributed by atoms with Crippen molar-refractivity contribution in [3.05, 3.63) is 56.1 Å². The van der Waals surface area contributed by atoms with E-state index in [0.717, 1.165) is 32.0 Å². The van der Waals surface area contributed by atoms with E-state index in [-0.39, 0.29) is 18.1 Å². The van der Waals surface area contributed by atoms with Crippen LogP contribution in [0.3, 0.4) is 0 Å². The SMILES string of the molecule is O=C(CN1CCN(c2ccc(Cl)cn2)CC1)Nc1ccc([N+](=O)[O-])cc1Br. The number of nitrogens with zero attached hydrogens (tertiary/aromatic N) is 4. The lowest BCUT2D eigenvalue weighted by atomic mass is 10.2. The molecule has 1 aliphatic rings. The van der Waals surface area contributed by atoms with E-state index >= 15 is 0 Å². The Balaban J connectivity index is 1.51. The highest BCUT2D eigenvalue weighted by molar-refractivity contribution is 9.10. The van der Waals surface area contributed by atoms with Crippen molar-refractivity contribution in [2.45, 2.75) is 0 Å². The largest absolute Gasteiger partial charge is 0.354 e. The molecule has 27 heavy (non-hydrogen) atoms. The third-order valence-corrected chi connectivity index (χ3v) is 5.09. The smallest absolute Gasteiger partial charge is 0.270 e. The fourth-order valence-corrected chi connectivity index (χ4v) is 3.38. The molecule has 1 amide bonds. The lowest BCUT2D eigenvalue weighted by Gasteiger charge is -2.35. The number of carbonyl (C=O) groups excluding carboxylic acids is 1. The van der Waals surface area contributed by atoms with Gasteiger partial charge in [-0.1, -0.05) is 11.6 Å². The van der Waals surface area contributed by atoms with E-state index in [1.165, 1.54) is 18.2 Å². The number of carbonyl (C=O) groups is 1. The van der Waals surface area contributed by atoms with E-state index in [9.17, 15) is 14.9 Å². The molecule has 1 aromatic carbocycles. The Hall–Kier alpha value is -2.23. The van der Waals surface area contributed by atoms with Gasteiger partial charge < -0.3 is 10.2 Å². The summed E-state index contributed by atoms with van der Waals surface area (Å²) < 4.78 is 0.476. The molecule has 10 heteroatoms. The lowest BCUT2D eigenvalue weighted by Crippen LogP contribution is -2.48. The van der Waals surface area contributed by atoms with E-state index in [0.29, 0.717) is 15.2 Å². The minimum absolute atomic E-state index is 0.0354. The maximum absolute atomic E-state index is 12.3. The number of amides is 1. The maximum Gasteiger partial charge on any atom is 0.270 e. The Bertz CT molecular complexity index is 841. The maximum atomic E-state index is 12.3. The summed E-state index contributed by atoms with van der Waals surface area (Å²) in [4.78, 5) is 31.1. The van der Waals surface area contributed by atoms with Crippen LogP contribution in [0.5, 0.6) is 0 Å². The number of nitro benzene ring substituents is 1. The van der Waals surface area contributed by atoms with Crippen LogP contribution in [-0.4, -0.2) is 53.4 Å². The molecule has 1 saturated heterocycles. The highest BCUT2D eigenvalue weighted by atomic mass is 79.9. The van der Waals surface area contributed by atoms with Crippen molar-refractivity contribution in [3.8, 4) is 0 Å². The number of hydrogen-bond donors (Lipinski definition) is 1. The zero-order valence-electron chi connectivity index (χ0n) is 14.3. The summed E-state index contributed by atoms with van der Waals surface area (Å²) in [6, 6.07) is 7.94. The Labute approximate surface area is 169 Å². The Morgan fingerprint density at radius 2 is 2.00 bits per heavy atom. The Kier molecular flexibility index (Phi) is 6.25. The molecule has 1 aromatic heterocycles. The summed E-state index contributed by atoms with van der Waals surface area (Å²) in [5, 5.41) is 14.2. The van der Waals surface area contributed by atoms with Crippen LogP contribution in [0.1, 0.15) is 0 Å². The number of nitro groups is 1. The molecule has 0 spiro atoms. The van der Waals surface area contributed by atoms with E-state index in [1.807, 2.05) is 12.1 Å². The number of piperazine rings is 1. The molecule has 0 unspecified atom stereocenters. The normalized spacial score (nSPS) is 14.8. The van der Waals surface area contributed by atoms with Crippen LogP contribution in [0.2, 0.25) is 5.02 Å². The van der Waals surface area contributed by atoms with E-state index in [4.69, 9.17) is 11.6 Å².